The van der Waals surface area contributed by atoms with E-state index in [9.17, 15) is 18.4 Å². The zero-order valence-electron chi connectivity index (χ0n) is 18.6. The highest BCUT2D eigenvalue weighted by molar-refractivity contribution is 9.12. The molecule has 0 aromatic carbocycles. The van der Waals surface area contributed by atoms with Gasteiger partial charge in [0.25, 0.3) is 5.92 Å². The highest BCUT2D eigenvalue weighted by atomic mass is 79.9. The second-order valence-electron chi connectivity index (χ2n) is 8.32. The number of hydrogen-bond acceptors (Lipinski definition) is 7. The number of rotatable bonds is 10. The van der Waals surface area contributed by atoms with E-state index >= 15 is 0 Å². The molecule has 0 spiro atoms. The molecular formula is C22H28BrF2N5O3. The smallest absolute Gasteiger partial charge is 0.257 e. The number of amides is 1. The highest BCUT2D eigenvalue weighted by Gasteiger charge is 2.47. The number of carbonyl (C=O) groups excluding carboxylic acids is 2. The van der Waals surface area contributed by atoms with Crippen molar-refractivity contribution in [3.63, 3.8) is 0 Å². The molecule has 2 heterocycles. The first-order valence-corrected chi connectivity index (χ1v) is 11.6. The fraction of sp³-hybridized carbons (Fsp3) is 0.545. The number of ether oxygens (including phenoxy) is 1. The van der Waals surface area contributed by atoms with Crippen LogP contribution in [-0.4, -0.2) is 66.0 Å². The third kappa shape index (κ3) is 7.04. The zero-order valence-corrected chi connectivity index (χ0v) is 20.1. The van der Waals surface area contributed by atoms with Crippen molar-refractivity contribution in [1.82, 2.24) is 20.4 Å². The zero-order chi connectivity index (χ0) is 24.0. The number of alkyl halides is 2. The second kappa shape index (κ2) is 11.1. The van der Waals surface area contributed by atoms with E-state index in [-0.39, 0.29) is 34.9 Å². The molecule has 1 aliphatic heterocycles. The highest BCUT2D eigenvalue weighted by Crippen LogP contribution is 2.39. The van der Waals surface area contributed by atoms with Gasteiger partial charge < -0.3 is 15.4 Å². The first-order chi connectivity index (χ1) is 15.7. The predicted octanol–water partition coefficient (Wildman–Crippen LogP) is 3.13. The topological polar surface area (TPSA) is 96.5 Å². The SMILES string of the molecule is CN/C=C(\C=C(\Br)C=O)C1CN(C(C)C(=O)Nc2ccc(OCC3CC3)nn2)CCC1(F)F. The Morgan fingerprint density at radius 2 is 2.15 bits per heavy atom. The molecule has 1 amide bonds. The lowest BCUT2D eigenvalue weighted by Crippen LogP contribution is -2.53. The maximum Gasteiger partial charge on any atom is 0.257 e. The van der Waals surface area contributed by atoms with Crippen LogP contribution in [-0.2, 0) is 9.59 Å². The molecule has 1 aliphatic carbocycles. The van der Waals surface area contributed by atoms with E-state index in [0.717, 1.165) is 0 Å². The molecule has 180 valence electrons. The Labute approximate surface area is 200 Å². The Bertz CT molecular complexity index is 906. The fourth-order valence-corrected chi connectivity index (χ4v) is 3.84. The molecule has 0 bridgehead atoms. The average Bonchev–Trinajstić information content (AvgIpc) is 3.62. The number of nitrogens with one attached hydrogen (secondary N) is 2. The summed E-state index contributed by atoms with van der Waals surface area (Å²) in [5.74, 6) is -3.30. The number of likely N-dealkylation sites (tertiary alicyclic amines) is 1. The van der Waals surface area contributed by atoms with Crippen LogP contribution in [0.4, 0.5) is 14.6 Å². The van der Waals surface area contributed by atoms with Crippen molar-refractivity contribution in [2.75, 3.05) is 32.1 Å². The summed E-state index contributed by atoms with van der Waals surface area (Å²) in [6.07, 6.45) is 5.29. The van der Waals surface area contributed by atoms with Crippen molar-refractivity contribution in [3.8, 4) is 5.88 Å². The van der Waals surface area contributed by atoms with Gasteiger partial charge in [-0.3, -0.25) is 14.5 Å². The van der Waals surface area contributed by atoms with Gasteiger partial charge in [-0.05, 0) is 65.5 Å². The molecule has 8 nitrogen and oxygen atoms in total. The minimum Gasteiger partial charge on any atom is -0.476 e. The van der Waals surface area contributed by atoms with Crippen LogP contribution in [0.25, 0.3) is 0 Å². The van der Waals surface area contributed by atoms with E-state index in [2.05, 4.69) is 36.8 Å². The molecule has 2 fully saturated rings. The van der Waals surface area contributed by atoms with Gasteiger partial charge in [0.2, 0.25) is 11.8 Å². The van der Waals surface area contributed by atoms with Gasteiger partial charge >= 0.3 is 0 Å². The fourth-order valence-electron chi connectivity index (χ4n) is 3.58. The lowest BCUT2D eigenvalue weighted by atomic mass is 9.86. The van der Waals surface area contributed by atoms with Crippen LogP contribution >= 0.6 is 15.9 Å². The summed E-state index contributed by atoms with van der Waals surface area (Å²) in [5.41, 5.74) is 0.270. The third-order valence-electron chi connectivity index (χ3n) is 5.77. The first-order valence-electron chi connectivity index (χ1n) is 10.8. The Balaban J connectivity index is 1.64. The molecule has 0 radical (unpaired) electrons. The molecule has 2 unspecified atom stereocenters. The third-order valence-corrected chi connectivity index (χ3v) is 6.19. The van der Waals surface area contributed by atoms with E-state index in [1.54, 1.807) is 31.0 Å². The van der Waals surface area contributed by atoms with Crippen LogP contribution in [0.3, 0.4) is 0 Å². The molecule has 1 saturated carbocycles. The quantitative estimate of drug-likeness (QED) is 0.274. The van der Waals surface area contributed by atoms with Gasteiger partial charge in [0.15, 0.2) is 12.1 Å². The number of anilines is 1. The molecule has 11 heteroatoms. The predicted molar refractivity (Wildman–Crippen MR) is 123 cm³/mol. The molecule has 2 atom stereocenters. The Morgan fingerprint density at radius 1 is 1.39 bits per heavy atom. The number of halogens is 3. The first kappa shape index (κ1) is 25.2. The van der Waals surface area contributed by atoms with Gasteiger partial charge in [0.05, 0.1) is 23.0 Å². The summed E-state index contributed by atoms with van der Waals surface area (Å²) in [6, 6.07) is 2.56. The minimum atomic E-state index is -2.98. The molecule has 1 aromatic rings. The lowest BCUT2D eigenvalue weighted by molar-refractivity contribution is -0.128. The van der Waals surface area contributed by atoms with Crippen LogP contribution < -0.4 is 15.4 Å². The van der Waals surface area contributed by atoms with E-state index < -0.39 is 24.3 Å². The number of aromatic nitrogens is 2. The van der Waals surface area contributed by atoms with E-state index in [1.807, 2.05) is 0 Å². The minimum absolute atomic E-state index is 0.0512. The van der Waals surface area contributed by atoms with Gasteiger partial charge in [-0.1, -0.05) is 0 Å². The van der Waals surface area contributed by atoms with Crippen LogP contribution in [0.15, 0.2) is 34.5 Å². The van der Waals surface area contributed by atoms with E-state index in [1.165, 1.54) is 25.1 Å². The van der Waals surface area contributed by atoms with Gasteiger partial charge in [-0.2, -0.15) is 0 Å². The summed E-state index contributed by atoms with van der Waals surface area (Å²) in [5, 5.41) is 13.4. The molecular weight excluding hydrogens is 500 g/mol. The summed E-state index contributed by atoms with van der Waals surface area (Å²) in [6.45, 7) is 2.28. The van der Waals surface area contributed by atoms with Crippen LogP contribution in [0, 0.1) is 11.8 Å². The average molecular weight is 528 g/mol. The van der Waals surface area contributed by atoms with Crippen molar-refractivity contribution < 1.29 is 23.1 Å². The maximum absolute atomic E-state index is 14.8. The van der Waals surface area contributed by atoms with Gasteiger partial charge in [0.1, 0.15) is 0 Å². The van der Waals surface area contributed by atoms with Crippen molar-refractivity contribution in [1.29, 1.82) is 0 Å². The largest absolute Gasteiger partial charge is 0.476 e. The Hall–Kier alpha value is -2.40. The second-order valence-corrected chi connectivity index (χ2v) is 9.23. The Kier molecular flexibility index (Phi) is 8.52. The Morgan fingerprint density at radius 3 is 2.76 bits per heavy atom. The monoisotopic (exact) mass is 527 g/mol. The van der Waals surface area contributed by atoms with Gasteiger partial charge in [-0.15, -0.1) is 10.2 Å². The molecule has 2 aliphatic rings. The normalized spacial score (nSPS) is 22.4. The molecule has 33 heavy (non-hydrogen) atoms. The van der Waals surface area contributed by atoms with Crippen molar-refractivity contribution in [2.45, 2.75) is 38.2 Å². The number of carbonyl (C=O) groups is 2. The van der Waals surface area contributed by atoms with Crippen molar-refractivity contribution >= 4 is 33.9 Å². The van der Waals surface area contributed by atoms with Gasteiger partial charge in [-0.25, -0.2) is 8.78 Å². The molecule has 3 rings (SSSR count). The maximum atomic E-state index is 14.8. The van der Waals surface area contributed by atoms with E-state index in [0.29, 0.717) is 24.7 Å². The number of allylic oxidation sites excluding steroid dienone is 2. The summed E-state index contributed by atoms with van der Waals surface area (Å²) in [4.78, 5) is 25.5. The van der Waals surface area contributed by atoms with Gasteiger partial charge in [0, 0.05) is 32.6 Å². The van der Waals surface area contributed by atoms with Crippen LogP contribution in [0.1, 0.15) is 26.2 Å². The number of piperidine rings is 1. The number of nitrogens with zero attached hydrogens (tertiary/aromatic N) is 3. The van der Waals surface area contributed by atoms with Crippen LogP contribution in [0.5, 0.6) is 5.88 Å². The van der Waals surface area contributed by atoms with Crippen LogP contribution in [0.2, 0.25) is 0 Å². The van der Waals surface area contributed by atoms with Crippen molar-refractivity contribution in [2.24, 2.45) is 11.8 Å². The molecule has 1 aromatic heterocycles. The summed E-state index contributed by atoms with van der Waals surface area (Å²) < 4.78 is 35.2. The summed E-state index contributed by atoms with van der Waals surface area (Å²) >= 11 is 3.06. The summed E-state index contributed by atoms with van der Waals surface area (Å²) in [7, 11) is 1.60. The van der Waals surface area contributed by atoms with Crippen molar-refractivity contribution in [3.05, 3.63) is 34.5 Å². The lowest BCUT2D eigenvalue weighted by Gasteiger charge is -2.41. The number of aldehydes is 1. The molecule has 2 N–H and O–H groups in total. The standard InChI is InChI=1S/C22H28BrF2N5O3/c1-14(21(32)27-19-5-6-20(29-28-19)33-13-15-3-4-15)30-8-7-22(24,25)18(11-30)16(10-26-2)9-17(23)12-31/h5-6,9-10,12,14-15,18,26H,3-4,7-8,11,13H2,1-2H3,(H,27,28,32)/b16-10+,17-9+. The number of hydrogen-bond donors (Lipinski definition) is 2. The van der Waals surface area contributed by atoms with E-state index in [4.69, 9.17) is 4.74 Å². The molecule has 1 saturated heterocycles.